The monoisotopic (exact) mass is 188 g/mol. The molecule has 0 atom stereocenters. The van der Waals surface area contributed by atoms with Crippen LogP contribution in [0.25, 0.3) is 0 Å². The molecule has 1 aromatic rings. The largest absolute Gasteiger partial charge is 0.295 e. The van der Waals surface area contributed by atoms with Crippen LogP contribution in [0.1, 0.15) is 24.5 Å². The van der Waals surface area contributed by atoms with Crippen molar-refractivity contribution in [3.8, 4) is 0 Å². The Balaban J connectivity index is 2.58. The Morgan fingerprint density at radius 2 is 2.00 bits per heavy atom. The third kappa shape index (κ3) is 2.84. The predicted molar refractivity (Wildman–Crippen MR) is 59.3 cm³/mol. The first-order valence-electron chi connectivity index (χ1n) is 4.84. The number of rotatable bonds is 4. The van der Waals surface area contributed by atoms with Gasteiger partial charge in [-0.3, -0.25) is 4.79 Å². The number of carbonyl (C=O) groups is 1. The summed E-state index contributed by atoms with van der Waals surface area (Å²) in [6, 6.07) is 8.16. The van der Waals surface area contributed by atoms with E-state index < -0.39 is 0 Å². The fourth-order valence-electron chi connectivity index (χ4n) is 1.35. The molecular weight excluding hydrogens is 172 g/mol. The van der Waals surface area contributed by atoms with Crippen molar-refractivity contribution in [2.75, 3.05) is 0 Å². The lowest BCUT2D eigenvalue weighted by Crippen LogP contribution is -2.01. The number of Topliss-reactive ketones (excluding diaryl/α,β-unsaturated/α-hetero) is 1. The average molecular weight is 188 g/mol. The van der Waals surface area contributed by atoms with Gasteiger partial charge in [-0.2, -0.15) is 0 Å². The Bertz CT molecular complexity index is 350. The lowest BCUT2D eigenvalue weighted by atomic mass is 10.0. The number of carbonyl (C=O) groups excluding carboxylic acids is 1. The quantitative estimate of drug-likeness (QED) is 0.664. The highest BCUT2D eigenvalue weighted by molar-refractivity contribution is 5.94. The van der Waals surface area contributed by atoms with Crippen LogP contribution in [0, 0.1) is 6.92 Å². The van der Waals surface area contributed by atoms with E-state index in [4.69, 9.17) is 0 Å². The maximum atomic E-state index is 11.3. The number of hydrogen-bond acceptors (Lipinski definition) is 1. The summed E-state index contributed by atoms with van der Waals surface area (Å²) in [5.41, 5.74) is 3.16. The number of benzene rings is 1. The molecule has 0 aliphatic heterocycles. The molecule has 0 fully saturated rings. The summed E-state index contributed by atoms with van der Waals surface area (Å²) in [5, 5.41) is 0. The first-order chi connectivity index (χ1) is 6.61. The number of hydrogen-bond donors (Lipinski definition) is 0. The van der Waals surface area contributed by atoms with Crippen LogP contribution < -0.4 is 0 Å². The van der Waals surface area contributed by atoms with Gasteiger partial charge in [-0.25, -0.2) is 0 Å². The second kappa shape index (κ2) is 4.75. The zero-order valence-corrected chi connectivity index (χ0v) is 8.84. The predicted octanol–water partition coefficient (Wildman–Crippen LogP) is 3.07. The zero-order valence-electron chi connectivity index (χ0n) is 8.84. The van der Waals surface area contributed by atoms with E-state index in [-0.39, 0.29) is 5.78 Å². The molecule has 0 unspecified atom stereocenters. The number of aryl methyl sites for hydroxylation is 2. The van der Waals surface area contributed by atoms with Crippen LogP contribution in [0.4, 0.5) is 0 Å². The molecule has 0 heterocycles. The maximum Gasteiger partial charge on any atom is 0.158 e. The molecule has 74 valence electrons. The highest BCUT2D eigenvalue weighted by atomic mass is 16.1. The molecule has 0 aromatic heterocycles. The van der Waals surface area contributed by atoms with E-state index in [1.807, 2.05) is 12.1 Å². The summed E-state index contributed by atoms with van der Waals surface area (Å²) in [4.78, 5) is 11.3. The van der Waals surface area contributed by atoms with E-state index >= 15 is 0 Å². The first kappa shape index (κ1) is 10.7. The third-order valence-electron chi connectivity index (χ3n) is 2.36. The van der Waals surface area contributed by atoms with Crippen LogP contribution >= 0.6 is 0 Å². The van der Waals surface area contributed by atoms with E-state index in [1.165, 1.54) is 11.1 Å². The first-order valence-corrected chi connectivity index (χ1v) is 4.84. The van der Waals surface area contributed by atoms with E-state index in [0.29, 0.717) is 12.0 Å². The average Bonchev–Trinajstić information content (AvgIpc) is 2.16. The summed E-state index contributed by atoms with van der Waals surface area (Å²) in [6.45, 7) is 7.47. The standard InChI is InChI=1S/C13H16O/c1-10(2)13(14)9-8-12-7-5-4-6-11(12)3/h4-7H,1,8-9H2,2-3H3. The molecule has 1 aromatic carbocycles. The van der Waals surface area contributed by atoms with Crippen LogP contribution in [0.5, 0.6) is 0 Å². The highest BCUT2D eigenvalue weighted by Crippen LogP contribution is 2.10. The van der Waals surface area contributed by atoms with Crippen LogP contribution in [0.3, 0.4) is 0 Å². The Morgan fingerprint density at radius 3 is 2.57 bits per heavy atom. The molecule has 1 heteroatoms. The third-order valence-corrected chi connectivity index (χ3v) is 2.36. The van der Waals surface area contributed by atoms with Gasteiger partial charge in [-0.05, 0) is 37.0 Å². The van der Waals surface area contributed by atoms with E-state index in [0.717, 1.165) is 6.42 Å². The van der Waals surface area contributed by atoms with Crippen molar-refractivity contribution in [1.82, 2.24) is 0 Å². The summed E-state index contributed by atoms with van der Waals surface area (Å²) in [6.07, 6.45) is 1.39. The molecule has 0 aliphatic rings. The van der Waals surface area contributed by atoms with Crippen molar-refractivity contribution in [1.29, 1.82) is 0 Å². The summed E-state index contributed by atoms with van der Waals surface area (Å²) in [5.74, 6) is 0.160. The Morgan fingerprint density at radius 1 is 1.36 bits per heavy atom. The molecule has 0 saturated heterocycles. The fourth-order valence-corrected chi connectivity index (χ4v) is 1.35. The molecule has 0 radical (unpaired) electrons. The molecule has 1 rings (SSSR count). The van der Waals surface area contributed by atoms with E-state index in [9.17, 15) is 4.79 Å². The summed E-state index contributed by atoms with van der Waals surface area (Å²) >= 11 is 0. The van der Waals surface area contributed by atoms with Gasteiger partial charge in [-0.15, -0.1) is 0 Å². The van der Waals surface area contributed by atoms with Gasteiger partial charge in [0.1, 0.15) is 0 Å². The van der Waals surface area contributed by atoms with Crippen molar-refractivity contribution in [3.63, 3.8) is 0 Å². The molecular formula is C13H16O. The Kier molecular flexibility index (Phi) is 3.63. The van der Waals surface area contributed by atoms with Crippen molar-refractivity contribution in [3.05, 3.63) is 47.5 Å². The second-order valence-electron chi connectivity index (χ2n) is 3.63. The van der Waals surface area contributed by atoms with Crippen molar-refractivity contribution in [2.45, 2.75) is 26.7 Å². The number of ketones is 1. The minimum Gasteiger partial charge on any atom is -0.295 e. The van der Waals surface area contributed by atoms with Gasteiger partial charge in [0.25, 0.3) is 0 Å². The lowest BCUT2D eigenvalue weighted by Gasteiger charge is -2.04. The maximum absolute atomic E-state index is 11.3. The van der Waals surface area contributed by atoms with E-state index in [2.05, 4.69) is 25.6 Å². The molecule has 0 aliphatic carbocycles. The van der Waals surface area contributed by atoms with Gasteiger partial charge >= 0.3 is 0 Å². The fraction of sp³-hybridized carbons (Fsp3) is 0.308. The molecule has 0 bridgehead atoms. The van der Waals surface area contributed by atoms with Crippen LogP contribution in [0.2, 0.25) is 0 Å². The van der Waals surface area contributed by atoms with Gasteiger partial charge < -0.3 is 0 Å². The van der Waals surface area contributed by atoms with E-state index in [1.54, 1.807) is 6.92 Å². The molecule has 0 spiro atoms. The minimum absolute atomic E-state index is 0.160. The lowest BCUT2D eigenvalue weighted by molar-refractivity contribution is -0.115. The molecule has 0 amide bonds. The van der Waals surface area contributed by atoms with Crippen molar-refractivity contribution >= 4 is 5.78 Å². The normalized spacial score (nSPS) is 9.86. The number of allylic oxidation sites excluding steroid dienone is 1. The zero-order chi connectivity index (χ0) is 10.6. The SMILES string of the molecule is C=C(C)C(=O)CCc1ccccc1C. The van der Waals surface area contributed by atoms with Gasteiger partial charge in [0.05, 0.1) is 0 Å². The van der Waals surface area contributed by atoms with Crippen molar-refractivity contribution in [2.24, 2.45) is 0 Å². The van der Waals surface area contributed by atoms with Gasteiger partial charge in [0, 0.05) is 6.42 Å². The van der Waals surface area contributed by atoms with Crippen LogP contribution in [-0.2, 0) is 11.2 Å². The highest BCUT2D eigenvalue weighted by Gasteiger charge is 2.03. The van der Waals surface area contributed by atoms with Gasteiger partial charge in [-0.1, -0.05) is 30.8 Å². The molecule has 14 heavy (non-hydrogen) atoms. The topological polar surface area (TPSA) is 17.1 Å². The van der Waals surface area contributed by atoms with Gasteiger partial charge in [0.15, 0.2) is 5.78 Å². The Hall–Kier alpha value is -1.37. The molecule has 0 N–H and O–H groups in total. The van der Waals surface area contributed by atoms with Crippen LogP contribution in [0.15, 0.2) is 36.4 Å². The smallest absolute Gasteiger partial charge is 0.158 e. The second-order valence-corrected chi connectivity index (χ2v) is 3.63. The molecule has 1 nitrogen and oxygen atoms in total. The van der Waals surface area contributed by atoms with Crippen molar-refractivity contribution < 1.29 is 4.79 Å². The molecule has 0 saturated carbocycles. The summed E-state index contributed by atoms with van der Waals surface area (Å²) in [7, 11) is 0. The minimum atomic E-state index is 0.160. The van der Waals surface area contributed by atoms with Gasteiger partial charge in [0.2, 0.25) is 0 Å². The summed E-state index contributed by atoms with van der Waals surface area (Å²) < 4.78 is 0. The van der Waals surface area contributed by atoms with Crippen LogP contribution in [-0.4, -0.2) is 5.78 Å². The Labute approximate surface area is 85.5 Å².